The lowest BCUT2D eigenvalue weighted by Crippen LogP contribution is -2.11. The maximum absolute atomic E-state index is 9.10. The molecule has 7 heteroatoms. The van der Waals surface area contributed by atoms with E-state index in [2.05, 4.69) is 0 Å². The van der Waals surface area contributed by atoms with Crippen molar-refractivity contribution < 1.29 is 29.3 Å². The van der Waals surface area contributed by atoms with Crippen LogP contribution < -0.4 is 5.73 Å². The van der Waals surface area contributed by atoms with E-state index in [0.717, 1.165) is 0 Å². The van der Waals surface area contributed by atoms with Crippen LogP contribution in [-0.2, 0) is 19.1 Å². The Hall–Kier alpha value is -1.18. The Morgan fingerprint density at radius 1 is 1.14 bits per heavy atom. The number of nitrogens with two attached hydrogens (primary N) is 1. The number of hydrogen-bond donors (Lipinski definition) is 3. The van der Waals surface area contributed by atoms with E-state index < -0.39 is 11.9 Å². The molecule has 0 aliphatic carbocycles. The first-order valence-electron chi connectivity index (χ1n) is 3.79. The summed E-state index contributed by atoms with van der Waals surface area (Å²) >= 11 is 0. The molecular formula is C7H15NO6. The number of carbonyl (C=O) groups is 2. The molecule has 14 heavy (non-hydrogen) atoms. The minimum Gasteiger partial charge on any atom is -0.473 e. The molecule has 0 atom stereocenters. The van der Waals surface area contributed by atoms with Gasteiger partial charge in [-0.2, -0.15) is 0 Å². The van der Waals surface area contributed by atoms with E-state index in [1.165, 1.54) is 0 Å². The molecule has 4 N–H and O–H groups in total. The second-order valence-corrected chi connectivity index (χ2v) is 2.00. The quantitative estimate of drug-likeness (QED) is 0.383. The normalized spacial score (nSPS) is 8.71. The molecule has 0 heterocycles. The SMILES string of the molecule is COCCOCCN.O=C(O)C(=O)O. The number of hydrogen-bond acceptors (Lipinski definition) is 5. The molecule has 0 aromatic carbocycles. The van der Waals surface area contributed by atoms with Crippen LogP contribution in [0, 0.1) is 0 Å². The average Bonchev–Trinajstić information content (AvgIpc) is 2.13. The number of methoxy groups -OCH3 is 1. The first-order chi connectivity index (χ1) is 6.56. The van der Waals surface area contributed by atoms with Gasteiger partial charge in [-0.05, 0) is 0 Å². The minimum absolute atomic E-state index is 0.587. The van der Waals surface area contributed by atoms with E-state index in [4.69, 9.17) is 35.0 Å². The molecule has 0 saturated carbocycles. The average molecular weight is 209 g/mol. The summed E-state index contributed by atoms with van der Waals surface area (Å²) in [5.74, 6) is -3.65. The Morgan fingerprint density at radius 3 is 1.93 bits per heavy atom. The molecule has 0 amide bonds. The first kappa shape index (κ1) is 15.3. The van der Waals surface area contributed by atoms with Crippen LogP contribution in [0.4, 0.5) is 0 Å². The van der Waals surface area contributed by atoms with Gasteiger partial charge in [0.05, 0.1) is 19.8 Å². The Bertz CT molecular complexity index is 142. The zero-order chi connectivity index (χ0) is 11.4. The Balaban J connectivity index is 0. The minimum atomic E-state index is -1.82. The molecule has 0 saturated heterocycles. The number of aliphatic carboxylic acids is 2. The second kappa shape index (κ2) is 11.8. The van der Waals surface area contributed by atoms with E-state index in [1.807, 2.05) is 0 Å². The van der Waals surface area contributed by atoms with Crippen LogP contribution in [0.2, 0.25) is 0 Å². The molecule has 7 nitrogen and oxygen atoms in total. The van der Waals surface area contributed by atoms with Crippen LogP contribution in [0.25, 0.3) is 0 Å². The Kier molecular flexibility index (Phi) is 12.9. The fourth-order valence-corrected chi connectivity index (χ4v) is 0.328. The third-order valence-corrected chi connectivity index (χ3v) is 0.877. The van der Waals surface area contributed by atoms with Crippen LogP contribution in [-0.4, -0.2) is 55.6 Å². The Morgan fingerprint density at radius 2 is 1.64 bits per heavy atom. The van der Waals surface area contributed by atoms with Gasteiger partial charge >= 0.3 is 11.9 Å². The lowest BCUT2D eigenvalue weighted by Gasteiger charge is -1.98. The molecule has 0 aromatic rings. The van der Waals surface area contributed by atoms with Gasteiger partial charge in [0.25, 0.3) is 0 Å². The third-order valence-electron chi connectivity index (χ3n) is 0.877. The van der Waals surface area contributed by atoms with Crippen LogP contribution >= 0.6 is 0 Å². The summed E-state index contributed by atoms with van der Waals surface area (Å²) in [4.78, 5) is 18.2. The fraction of sp³-hybridized carbons (Fsp3) is 0.714. The van der Waals surface area contributed by atoms with Crippen molar-refractivity contribution in [2.45, 2.75) is 0 Å². The van der Waals surface area contributed by atoms with E-state index in [-0.39, 0.29) is 0 Å². The van der Waals surface area contributed by atoms with Crippen molar-refractivity contribution in [3.63, 3.8) is 0 Å². The topological polar surface area (TPSA) is 119 Å². The van der Waals surface area contributed by atoms with Crippen LogP contribution in [0.15, 0.2) is 0 Å². The molecule has 0 rings (SSSR count). The molecule has 0 spiro atoms. The van der Waals surface area contributed by atoms with Crippen molar-refractivity contribution in [1.29, 1.82) is 0 Å². The second-order valence-electron chi connectivity index (χ2n) is 2.00. The molecular weight excluding hydrogens is 194 g/mol. The number of rotatable bonds is 5. The molecule has 0 aliphatic rings. The van der Waals surface area contributed by atoms with Crippen molar-refractivity contribution in [3.8, 4) is 0 Å². The molecule has 0 radical (unpaired) electrons. The van der Waals surface area contributed by atoms with Crippen LogP contribution in [0.5, 0.6) is 0 Å². The molecule has 0 unspecified atom stereocenters. The first-order valence-corrected chi connectivity index (χ1v) is 3.79. The summed E-state index contributed by atoms with van der Waals surface area (Å²) in [5.41, 5.74) is 5.14. The highest BCUT2D eigenvalue weighted by atomic mass is 16.5. The van der Waals surface area contributed by atoms with Crippen LogP contribution in [0.3, 0.4) is 0 Å². The number of carboxylic acid groups (broad SMARTS) is 2. The smallest absolute Gasteiger partial charge is 0.414 e. The fourth-order valence-electron chi connectivity index (χ4n) is 0.328. The lowest BCUT2D eigenvalue weighted by molar-refractivity contribution is -0.159. The Labute approximate surface area is 81.4 Å². The van der Waals surface area contributed by atoms with E-state index in [0.29, 0.717) is 26.4 Å². The van der Waals surface area contributed by atoms with Crippen molar-refractivity contribution in [3.05, 3.63) is 0 Å². The maximum atomic E-state index is 9.10. The lowest BCUT2D eigenvalue weighted by atomic mass is 10.7. The zero-order valence-electron chi connectivity index (χ0n) is 7.93. The van der Waals surface area contributed by atoms with Gasteiger partial charge in [0.1, 0.15) is 0 Å². The predicted molar refractivity (Wildman–Crippen MR) is 47.0 cm³/mol. The zero-order valence-corrected chi connectivity index (χ0v) is 7.93. The largest absolute Gasteiger partial charge is 0.473 e. The molecule has 0 aromatic heterocycles. The number of carboxylic acids is 2. The van der Waals surface area contributed by atoms with Crippen molar-refractivity contribution in [2.24, 2.45) is 5.73 Å². The molecule has 0 bridgehead atoms. The molecule has 84 valence electrons. The highest BCUT2D eigenvalue weighted by Crippen LogP contribution is 1.71. The predicted octanol–water partition coefficient (Wildman–Crippen LogP) is -1.24. The highest BCUT2D eigenvalue weighted by Gasteiger charge is 2.04. The standard InChI is InChI=1S/C5H13NO2.C2H2O4/c1-7-4-5-8-3-2-6;3-1(4)2(5)6/h2-6H2,1H3;(H,3,4)(H,5,6). The van der Waals surface area contributed by atoms with E-state index in [9.17, 15) is 0 Å². The maximum Gasteiger partial charge on any atom is 0.414 e. The van der Waals surface area contributed by atoms with Gasteiger partial charge in [-0.25, -0.2) is 9.59 Å². The van der Waals surface area contributed by atoms with Gasteiger partial charge in [-0.3, -0.25) is 0 Å². The third kappa shape index (κ3) is 17.1. The summed E-state index contributed by atoms with van der Waals surface area (Å²) < 4.78 is 9.70. The van der Waals surface area contributed by atoms with Gasteiger partial charge in [0.15, 0.2) is 0 Å². The van der Waals surface area contributed by atoms with Crippen molar-refractivity contribution in [2.75, 3.05) is 33.5 Å². The summed E-state index contributed by atoms with van der Waals surface area (Å²) in [6, 6.07) is 0. The summed E-state index contributed by atoms with van der Waals surface area (Å²) in [6.45, 7) is 2.51. The van der Waals surface area contributed by atoms with E-state index in [1.54, 1.807) is 7.11 Å². The van der Waals surface area contributed by atoms with Crippen molar-refractivity contribution >= 4 is 11.9 Å². The van der Waals surface area contributed by atoms with Gasteiger partial charge < -0.3 is 25.4 Å². The van der Waals surface area contributed by atoms with Gasteiger partial charge in [0, 0.05) is 13.7 Å². The monoisotopic (exact) mass is 209 g/mol. The summed E-state index contributed by atoms with van der Waals surface area (Å²) in [5, 5.41) is 14.8. The summed E-state index contributed by atoms with van der Waals surface area (Å²) in [6.07, 6.45) is 0. The summed E-state index contributed by atoms with van der Waals surface area (Å²) in [7, 11) is 1.64. The van der Waals surface area contributed by atoms with Crippen molar-refractivity contribution in [1.82, 2.24) is 0 Å². The number of ether oxygens (including phenoxy) is 2. The van der Waals surface area contributed by atoms with E-state index >= 15 is 0 Å². The molecule has 0 aliphatic heterocycles. The van der Waals surface area contributed by atoms with Gasteiger partial charge in [0.2, 0.25) is 0 Å². The van der Waals surface area contributed by atoms with Gasteiger partial charge in [-0.15, -0.1) is 0 Å². The highest BCUT2D eigenvalue weighted by molar-refractivity contribution is 6.27. The van der Waals surface area contributed by atoms with Gasteiger partial charge in [-0.1, -0.05) is 0 Å². The molecule has 0 fully saturated rings. The van der Waals surface area contributed by atoms with Crippen LogP contribution in [0.1, 0.15) is 0 Å².